The molecule has 0 spiro atoms. The molecular weight excluding hydrogens is 410 g/mol. The first-order chi connectivity index (χ1) is 16.0. The van der Waals surface area contributed by atoms with Crippen LogP contribution in [-0.2, 0) is 17.8 Å². The van der Waals surface area contributed by atoms with E-state index < -0.39 is 11.4 Å². The molecule has 1 N–H and O–H groups in total. The van der Waals surface area contributed by atoms with Gasteiger partial charge in [-0.3, -0.25) is 9.59 Å². The minimum atomic E-state index is -0.629. The summed E-state index contributed by atoms with van der Waals surface area (Å²) in [5, 5.41) is 9.50. The van der Waals surface area contributed by atoms with Gasteiger partial charge in [-0.2, -0.15) is 0 Å². The van der Waals surface area contributed by atoms with Crippen molar-refractivity contribution in [2.24, 2.45) is 5.41 Å². The number of carbonyl (C=O) groups is 2. The third-order valence-electron chi connectivity index (χ3n) is 6.82. The Morgan fingerprint density at radius 2 is 1.85 bits per heavy atom. The molecule has 1 saturated carbocycles. The van der Waals surface area contributed by atoms with Crippen LogP contribution < -0.4 is 0 Å². The number of aromatic nitrogens is 1. The Hall–Kier alpha value is -3.40. The van der Waals surface area contributed by atoms with Crippen molar-refractivity contribution >= 4 is 17.8 Å². The van der Waals surface area contributed by atoms with Gasteiger partial charge >= 0.3 is 5.97 Å². The average Bonchev–Trinajstić information content (AvgIpc) is 3.24. The monoisotopic (exact) mass is 441 g/mol. The summed E-state index contributed by atoms with van der Waals surface area (Å²) < 4.78 is 1.96. The van der Waals surface area contributed by atoms with Crippen molar-refractivity contribution in [3.05, 3.63) is 101 Å². The molecule has 0 radical (unpaired) electrons. The second-order valence-corrected chi connectivity index (χ2v) is 9.18. The van der Waals surface area contributed by atoms with Gasteiger partial charge in [0, 0.05) is 18.3 Å². The number of carboxylic acid groups (broad SMARTS) is 1. The molecule has 0 amide bonds. The molecule has 170 valence electrons. The maximum Gasteiger partial charge on any atom is 0.309 e. The predicted molar refractivity (Wildman–Crippen MR) is 131 cm³/mol. The first-order valence-corrected chi connectivity index (χ1v) is 11.7. The highest BCUT2D eigenvalue weighted by Crippen LogP contribution is 2.45. The maximum absolute atomic E-state index is 12.9. The van der Waals surface area contributed by atoms with Gasteiger partial charge in [-0.1, -0.05) is 72.7 Å². The third-order valence-corrected chi connectivity index (χ3v) is 6.82. The lowest BCUT2D eigenvalue weighted by Crippen LogP contribution is -2.37. The number of carbonyl (C=O) groups excluding carboxylic acids is 1. The molecule has 4 nitrogen and oxygen atoms in total. The standard InChI is InChI=1S/C29H31NO3/c1-22-12-14-25(15-13-22)27(31)26-11-5-20-30(26)19-4-10-24-8-2-7-23(21-24)9-3-16-29(28(32)33)17-6-18-29/h2,4-5,7-8,10-15,20-21H,3,6,9,16-19H2,1H3,(H,32,33)/b10-4+. The van der Waals surface area contributed by atoms with Gasteiger partial charge in [0.15, 0.2) is 0 Å². The van der Waals surface area contributed by atoms with Crippen LogP contribution in [0.1, 0.15) is 64.8 Å². The minimum Gasteiger partial charge on any atom is -0.481 e. The van der Waals surface area contributed by atoms with Gasteiger partial charge in [0.05, 0.1) is 11.1 Å². The summed E-state index contributed by atoms with van der Waals surface area (Å²) in [7, 11) is 0. The third kappa shape index (κ3) is 5.33. The molecule has 0 aliphatic heterocycles. The number of aliphatic carboxylic acids is 1. The van der Waals surface area contributed by atoms with E-state index in [2.05, 4.69) is 30.4 Å². The van der Waals surface area contributed by atoms with Crippen LogP contribution in [0.5, 0.6) is 0 Å². The van der Waals surface area contributed by atoms with Crippen molar-refractivity contribution in [1.82, 2.24) is 4.57 Å². The summed E-state index contributed by atoms with van der Waals surface area (Å²) in [6.07, 6.45) is 11.3. The molecule has 0 atom stereocenters. The highest BCUT2D eigenvalue weighted by Gasteiger charge is 2.43. The van der Waals surface area contributed by atoms with Gasteiger partial charge < -0.3 is 9.67 Å². The minimum absolute atomic E-state index is 0.0287. The van der Waals surface area contributed by atoms with Crippen LogP contribution in [0.2, 0.25) is 0 Å². The second kappa shape index (κ2) is 10.0. The molecule has 1 aliphatic rings. The molecule has 0 unspecified atom stereocenters. The number of rotatable bonds is 10. The molecule has 4 rings (SSSR count). The van der Waals surface area contributed by atoms with E-state index in [4.69, 9.17) is 0 Å². The van der Waals surface area contributed by atoms with Crippen molar-refractivity contribution in [2.45, 2.75) is 52.0 Å². The number of carboxylic acids is 1. The van der Waals surface area contributed by atoms with Crippen molar-refractivity contribution in [3.8, 4) is 0 Å². The van der Waals surface area contributed by atoms with Gasteiger partial charge in [0.25, 0.3) is 0 Å². The van der Waals surface area contributed by atoms with E-state index in [1.807, 2.05) is 60.2 Å². The Labute approximate surface area is 195 Å². The summed E-state index contributed by atoms with van der Waals surface area (Å²) in [5.74, 6) is -0.600. The quantitative estimate of drug-likeness (QED) is 0.375. The molecule has 1 fully saturated rings. The normalized spacial score (nSPS) is 14.8. The van der Waals surface area contributed by atoms with Crippen LogP contribution in [0.4, 0.5) is 0 Å². The van der Waals surface area contributed by atoms with Crippen LogP contribution in [0.3, 0.4) is 0 Å². The fourth-order valence-electron chi connectivity index (χ4n) is 4.59. The summed E-state index contributed by atoms with van der Waals surface area (Å²) in [6, 6.07) is 19.8. The number of aryl methyl sites for hydroxylation is 2. The van der Waals surface area contributed by atoms with E-state index in [1.165, 1.54) is 5.56 Å². The van der Waals surface area contributed by atoms with Gasteiger partial charge in [-0.25, -0.2) is 0 Å². The van der Waals surface area contributed by atoms with Crippen LogP contribution >= 0.6 is 0 Å². The number of hydrogen-bond acceptors (Lipinski definition) is 2. The molecule has 0 bridgehead atoms. The number of nitrogens with zero attached hydrogens (tertiary/aromatic N) is 1. The smallest absolute Gasteiger partial charge is 0.309 e. The number of benzene rings is 2. The highest BCUT2D eigenvalue weighted by molar-refractivity contribution is 6.08. The Bertz CT molecular complexity index is 1150. The molecule has 3 aromatic rings. The van der Waals surface area contributed by atoms with Crippen molar-refractivity contribution < 1.29 is 14.7 Å². The van der Waals surface area contributed by atoms with Gasteiger partial charge in [0.1, 0.15) is 0 Å². The second-order valence-electron chi connectivity index (χ2n) is 9.18. The SMILES string of the molecule is Cc1ccc(C(=O)c2cccn2C/C=C/c2cccc(CCCC3(C(=O)O)CCC3)c2)cc1. The van der Waals surface area contributed by atoms with Gasteiger partial charge in [-0.15, -0.1) is 0 Å². The van der Waals surface area contributed by atoms with E-state index in [1.54, 1.807) is 0 Å². The highest BCUT2D eigenvalue weighted by atomic mass is 16.4. The largest absolute Gasteiger partial charge is 0.481 e. The lowest BCUT2D eigenvalue weighted by Gasteiger charge is -2.37. The first kappa shape index (κ1) is 22.8. The predicted octanol–water partition coefficient (Wildman–Crippen LogP) is 6.32. The number of allylic oxidation sites excluding steroid dienone is 1. The van der Waals surface area contributed by atoms with Gasteiger partial charge in [-0.05, 0) is 62.3 Å². The zero-order valence-corrected chi connectivity index (χ0v) is 19.2. The Morgan fingerprint density at radius 1 is 1.06 bits per heavy atom. The van der Waals surface area contributed by atoms with Crippen molar-refractivity contribution in [1.29, 1.82) is 0 Å². The van der Waals surface area contributed by atoms with E-state index in [-0.39, 0.29) is 5.78 Å². The lowest BCUT2D eigenvalue weighted by molar-refractivity contribution is -0.155. The zero-order valence-electron chi connectivity index (χ0n) is 19.2. The maximum atomic E-state index is 12.9. The van der Waals surface area contributed by atoms with Crippen molar-refractivity contribution in [2.75, 3.05) is 0 Å². The number of ketones is 1. The molecule has 1 heterocycles. The van der Waals surface area contributed by atoms with Crippen LogP contribution in [0.25, 0.3) is 6.08 Å². The number of hydrogen-bond donors (Lipinski definition) is 1. The van der Waals surface area contributed by atoms with Gasteiger partial charge in [0.2, 0.25) is 5.78 Å². The van der Waals surface area contributed by atoms with Crippen LogP contribution in [0, 0.1) is 12.3 Å². The fraction of sp³-hybridized carbons (Fsp3) is 0.310. The molecule has 2 aromatic carbocycles. The van der Waals surface area contributed by atoms with Crippen molar-refractivity contribution in [3.63, 3.8) is 0 Å². The summed E-state index contributed by atoms with van der Waals surface area (Å²) in [6.45, 7) is 2.63. The van der Waals surface area contributed by atoms with Crippen LogP contribution in [-0.4, -0.2) is 21.4 Å². The summed E-state index contributed by atoms with van der Waals surface area (Å²) in [4.78, 5) is 24.4. The topological polar surface area (TPSA) is 59.3 Å². The Morgan fingerprint density at radius 3 is 2.55 bits per heavy atom. The molecule has 0 saturated heterocycles. The molecule has 33 heavy (non-hydrogen) atoms. The van der Waals surface area contributed by atoms with E-state index in [0.29, 0.717) is 17.8 Å². The summed E-state index contributed by atoms with van der Waals surface area (Å²) in [5.41, 5.74) is 4.39. The van der Waals surface area contributed by atoms with E-state index in [0.717, 1.165) is 49.7 Å². The first-order valence-electron chi connectivity index (χ1n) is 11.7. The fourth-order valence-corrected chi connectivity index (χ4v) is 4.59. The molecule has 4 heteroatoms. The average molecular weight is 442 g/mol. The van der Waals surface area contributed by atoms with Crippen LogP contribution in [0.15, 0.2) is 72.9 Å². The molecule has 1 aliphatic carbocycles. The zero-order chi connectivity index (χ0) is 23.3. The van der Waals surface area contributed by atoms with E-state index >= 15 is 0 Å². The molecular formula is C29H31NO3. The Balaban J connectivity index is 1.35. The summed E-state index contributed by atoms with van der Waals surface area (Å²) >= 11 is 0. The Kier molecular flexibility index (Phi) is 6.93. The molecule has 1 aromatic heterocycles. The lowest BCUT2D eigenvalue weighted by atomic mass is 9.66. The van der Waals surface area contributed by atoms with E-state index in [9.17, 15) is 14.7 Å².